The zero-order chi connectivity index (χ0) is 7.82. The van der Waals surface area contributed by atoms with E-state index in [0.29, 0.717) is 6.61 Å². The van der Waals surface area contributed by atoms with E-state index in [1.54, 1.807) is 6.92 Å². The van der Waals surface area contributed by atoms with E-state index >= 15 is 0 Å². The van der Waals surface area contributed by atoms with Crippen LogP contribution in [0, 0.1) is 11.3 Å². The van der Waals surface area contributed by atoms with Gasteiger partial charge in [-0.1, -0.05) is 6.08 Å². The average molecular weight is 139 g/mol. The molecule has 0 aliphatic heterocycles. The van der Waals surface area contributed by atoms with Gasteiger partial charge >= 0.3 is 0 Å². The molecule has 1 unspecified atom stereocenters. The number of allylic oxidation sites excluding steroid dienone is 1. The van der Waals surface area contributed by atoms with Crippen LogP contribution in [0.2, 0.25) is 0 Å². The number of nitrogens with zero attached hydrogens (tertiary/aromatic N) is 1. The zero-order valence-corrected chi connectivity index (χ0v) is 6.34. The lowest BCUT2D eigenvalue weighted by atomic mass is 10.3. The van der Waals surface area contributed by atoms with Crippen LogP contribution in [-0.2, 0) is 4.74 Å². The summed E-state index contributed by atoms with van der Waals surface area (Å²) in [6.07, 6.45) is 3.48. The van der Waals surface area contributed by atoms with Gasteiger partial charge in [0.1, 0.15) is 6.10 Å². The molecule has 0 saturated heterocycles. The van der Waals surface area contributed by atoms with Crippen molar-refractivity contribution >= 4 is 0 Å². The molecule has 0 fully saturated rings. The fourth-order valence-electron chi connectivity index (χ4n) is 0.525. The summed E-state index contributed by atoms with van der Waals surface area (Å²) in [6, 6.07) is 1.99. The Balaban J connectivity index is 3.05. The van der Waals surface area contributed by atoms with Crippen molar-refractivity contribution in [1.82, 2.24) is 0 Å². The van der Waals surface area contributed by atoms with Gasteiger partial charge in [0.2, 0.25) is 0 Å². The van der Waals surface area contributed by atoms with E-state index in [1.165, 1.54) is 0 Å². The minimum Gasteiger partial charge on any atom is -0.364 e. The first-order valence-electron chi connectivity index (χ1n) is 3.43. The molecule has 2 heteroatoms. The number of rotatable bonds is 5. The van der Waals surface area contributed by atoms with Crippen LogP contribution in [0.25, 0.3) is 0 Å². The summed E-state index contributed by atoms with van der Waals surface area (Å²) in [7, 11) is 0. The summed E-state index contributed by atoms with van der Waals surface area (Å²) in [4.78, 5) is 0. The molecule has 0 aromatic heterocycles. The van der Waals surface area contributed by atoms with Gasteiger partial charge < -0.3 is 4.74 Å². The molecule has 0 aromatic rings. The monoisotopic (exact) mass is 139 g/mol. The Morgan fingerprint density at radius 1 is 1.80 bits per heavy atom. The van der Waals surface area contributed by atoms with Crippen molar-refractivity contribution in [1.29, 1.82) is 5.26 Å². The van der Waals surface area contributed by atoms with Gasteiger partial charge in [0, 0.05) is 6.61 Å². The van der Waals surface area contributed by atoms with Crippen molar-refractivity contribution in [3.05, 3.63) is 12.7 Å². The van der Waals surface area contributed by atoms with E-state index in [2.05, 4.69) is 6.58 Å². The second-order valence-corrected chi connectivity index (χ2v) is 2.07. The first-order valence-corrected chi connectivity index (χ1v) is 3.43. The van der Waals surface area contributed by atoms with Gasteiger partial charge in [0.15, 0.2) is 0 Å². The van der Waals surface area contributed by atoms with Crippen LogP contribution in [0.15, 0.2) is 12.7 Å². The van der Waals surface area contributed by atoms with E-state index in [-0.39, 0.29) is 6.10 Å². The highest BCUT2D eigenvalue weighted by Gasteiger charge is 1.95. The van der Waals surface area contributed by atoms with Gasteiger partial charge in [0.25, 0.3) is 0 Å². The van der Waals surface area contributed by atoms with Crippen LogP contribution < -0.4 is 0 Å². The maximum atomic E-state index is 8.30. The Labute approximate surface area is 62.1 Å². The van der Waals surface area contributed by atoms with Gasteiger partial charge in [-0.2, -0.15) is 5.26 Å². The summed E-state index contributed by atoms with van der Waals surface area (Å²) in [5.41, 5.74) is 0. The van der Waals surface area contributed by atoms with Gasteiger partial charge in [-0.3, -0.25) is 0 Å². The summed E-state index contributed by atoms with van der Waals surface area (Å²) < 4.78 is 5.08. The Kier molecular flexibility index (Phi) is 5.80. The quantitative estimate of drug-likeness (QED) is 0.430. The van der Waals surface area contributed by atoms with Crippen LogP contribution >= 0.6 is 0 Å². The highest BCUT2D eigenvalue weighted by molar-refractivity contribution is 4.79. The Morgan fingerprint density at radius 2 is 2.50 bits per heavy atom. The fraction of sp³-hybridized carbons (Fsp3) is 0.625. The number of hydrogen-bond acceptors (Lipinski definition) is 2. The minimum atomic E-state index is -0.273. The Morgan fingerprint density at radius 3 is 3.00 bits per heavy atom. The molecule has 0 aromatic carbocycles. The van der Waals surface area contributed by atoms with Crippen molar-refractivity contribution in [2.45, 2.75) is 25.9 Å². The molecule has 0 aliphatic carbocycles. The lowest BCUT2D eigenvalue weighted by Gasteiger charge is -2.02. The summed E-state index contributed by atoms with van der Waals surface area (Å²) >= 11 is 0. The van der Waals surface area contributed by atoms with E-state index < -0.39 is 0 Å². The third kappa shape index (κ3) is 5.33. The fourth-order valence-corrected chi connectivity index (χ4v) is 0.525. The predicted octanol–water partition coefficient (Wildman–Crippen LogP) is 1.88. The van der Waals surface area contributed by atoms with Crippen molar-refractivity contribution in [2.75, 3.05) is 6.61 Å². The van der Waals surface area contributed by atoms with E-state index in [9.17, 15) is 0 Å². The number of ether oxygens (including phenoxy) is 1. The highest BCUT2D eigenvalue weighted by Crippen LogP contribution is 1.93. The van der Waals surface area contributed by atoms with Gasteiger partial charge in [-0.25, -0.2) is 0 Å². The second kappa shape index (κ2) is 6.31. The number of nitriles is 1. The van der Waals surface area contributed by atoms with Crippen LogP contribution in [0.5, 0.6) is 0 Å². The largest absolute Gasteiger partial charge is 0.364 e. The van der Waals surface area contributed by atoms with E-state index in [0.717, 1.165) is 12.8 Å². The molecule has 1 atom stereocenters. The molecule has 0 radical (unpaired) electrons. The lowest BCUT2D eigenvalue weighted by molar-refractivity contribution is 0.101. The molecule has 2 nitrogen and oxygen atoms in total. The standard InChI is InChI=1S/C8H13NO/c1-3-4-5-6-10-8(2)7-9/h3,8H,1,4-6H2,2H3. The molecule has 56 valence electrons. The van der Waals surface area contributed by atoms with Crippen molar-refractivity contribution < 1.29 is 4.74 Å². The van der Waals surface area contributed by atoms with E-state index in [1.807, 2.05) is 12.1 Å². The molecule has 0 saturated carbocycles. The molecule has 0 bridgehead atoms. The number of hydrogen-bond donors (Lipinski definition) is 0. The first-order chi connectivity index (χ1) is 4.81. The molecule has 10 heavy (non-hydrogen) atoms. The van der Waals surface area contributed by atoms with Crippen molar-refractivity contribution in [2.24, 2.45) is 0 Å². The smallest absolute Gasteiger partial charge is 0.141 e. The molecule has 0 amide bonds. The predicted molar refractivity (Wildman–Crippen MR) is 40.5 cm³/mol. The third-order valence-corrected chi connectivity index (χ3v) is 1.10. The highest BCUT2D eigenvalue weighted by atomic mass is 16.5. The molecule has 0 heterocycles. The van der Waals surface area contributed by atoms with Gasteiger partial charge in [-0.15, -0.1) is 6.58 Å². The summed E-state index contributed by atoms with van der Waals surface area (Å²) in [6.45, 7) is 5.97. The van der Waals surface area contributed by atoms with Crippen LogP contribution in [0.4, 0.5) is 0 Å². The van der Waals surface area contributed by atoms with Crippen LogP contribution in [0.3, 0.4) is 0 Å². The van der Waals surface area contributed by atoms with Crippen molar-refractivity contribution in [3.8, 4) is 6.07 Å². The lowest BCUT2D eigenvalue weighted by Crippen LogP contribution is -2.05. The normalized spacial score (nSPS) is 12.0. The third-order valence-electron chi connectivity index (χ3n) is 1.10. The van der Waals surface area contributed by atoms with Crippen LogP contribution in [-0.4, -0.2) is 12.7 Å². The molecule has 0 spiro atoms. The van der Waals surface area contributed by atoms with Crippen LogP contribution in [0.1, 0.15) is 19.8 Å². The van der Waals surface area contributed by atoms with Gasteiger partial charge in [-0.05, 0) is 19.8 Å². The molecule has 0 aliphatic rings. The SMILES string of the molecule is C=CCCCOC(C)C#N. The molecule has 0 N–H and O–H groups in total. The molecular weight excluding hydrogens is 126 g/mol. The summed E-state index contributed by atoms with van der Waals surface area (Å²) in [5, 5.41) is 8.30. The summed E-state index contributed by atoms with van der Waals surface area (Å²) in [5.74, 6) is 0. The zero-order valence-electron chi connectivity index (χ0n) is 6.34. The molecule has 0 rings (SSSR count). The maximum absolute atomic E-state index is 8.30. The van der Waals surface area contributed by atoms with Crippen molar-refractivity contribution in [3.63, 3.8) is 0 Å². The topological polar surface area (TPSA) is 33.0 Å². The van der Waals surface area contributed by atoms with Gasteiger partial charge in [0.05, 0.1) is 6.07 Å². The molecular formula is C8H13NO. The maximum Gasteiger partial charge on any atom is 0.141 e. The second-order valence-electron chi connectivity index (χ2n) is 2.07. The minimum absolute atomic E-state index is 0.273. The first kappa shape index (κ1) is 9.19. The van der Waals surface area contributed by atoms with E-state index in [4.69, 9.17) is 10.00 Å². The Hall–Kier alpha value is -0.810. The average Bonchev–Trinajstić information content (AvgIpc) is 1.98. The Bertz CT molecular complexity index is 126. The number of unbranched alkanes of at least 4 members (excludes halogenated alkanes) is 1.